The van der Waals surface area contributed by atoms with Crippen LogP contribution in [0.4, 0.5) is 0 Å². The van der Waals surface area contributed by atoms with Crippen molar-refractivity contribution in [2.24, 2.45) is 0 Å². The van der Waals surface area contributed by atoms with Gasteiger partial charge < -0.3 is 27.1 Å². The van der Waals surface area contributed by atoms with Crippen molar-refractivity contribution >= 4 is 17.2 Å². The molecule has 0 aromatic heterocycles. The third-order valence-electron chi connectivity index (χ3n) is 14.4. The molecule has 1 aliphatic rings. The Morgan fingerprint density at radius 3 is 1.15 bits per heavy atom. The smallest absolute Gasteiger partial charge is 0.409 e. The van der Waals surface area contributed by atoms with Crippen LogP contribution in [0.15, 0.2) is 84.9 Å². The maximum absolute atomic E-state index is 7.60. The predicted octanol–water partition coefficient (Wildman–Crippen LogP) is 21.6. The summed E-state index contributed by atoms with van der Waals surface area (Å²) in [6.07, 6.45) is 20.2. The summed E-state index contributed by atoms with van der Waals surface area (Å²) < 4.78 is 41.8. The molecule has 0 atom stereocenters. The fraction of sp³-hybridized carbons (Fsp3) is 0.545. The Labute approximate surface area is 452 Å². The molecule has 0 amide bonds. The summed E-state index contributed by atoms with van der Waals surface area (Å²) in [4.78, 5) is 0. The number of unbranched alkanes of at least 4 members (excludes halogenated alkanes) is 12. The molecule has 0 saturated heterocycles. The highest BCUT2D eigenvalue weighted by atomic mass is 31.2. The van der Waals surface area contributed by atoms with Crippen LogP contribution < -0.4 is 27.1 Å². The van der Waals surface area contributed by atoms with Gasteiger partial charge in [0.25, 0.3) is 0 Å². The molecule has 0 saturated carbocycles. The van der Waals surface area contributed by atoms with Gasteiger partial charge in [-0.3, -0.25) is 0 Å². The number of fused-ring (bicyclic) bond motifs is 1. The lowest BCUT2D eigenvalue weighted by molar-refractivity contribution is 0.382. The Hall–Kier alpha value is -4.24. The van der Waals surface area contributed by atoms with Gasteiger partial charge in [0, 0.05) is 22.3 Å². The summed E-state index contributed by atoms with van der Waals surface area (Å²) in [6.45, 7) is 36.5. The van der Waals surface area contributed by atoms with Crippen molar-refractivity contribution in [1.82, 2.24) is 0 Å². The van der Waals surface area contributed by atoms with E-state index >= 15 is 0 Å². The summed E-state index contributed by atoms with van der Waals surface area (Å²) in [6, 6.07) is 29.7. The van der Waals surface area contributed by atoms with Gasteiger partial charge in [0.2, 0.25) is 0 Å². The first-order valence-corrected chi connectivity index (χ1v) is 30.5. The Morgan fingerprint density at radius 2 is 0.770 bits per heavy atom. The quantitative estimate of drug-likeness (QED) is 0.0429. The molecule has 1 aliphatic heterocycles. The van der Waals surface area contributed by atoms with Crippen molar-refractivity contribution < 1.29 is 27.1 Å². The molecule has 0 fully saturated rings. The van der Waals surface area contributed by atoms with Gasteiger partial charge >= 0.3 is 17.2 Å². The van der Waals surface area contributed by atoms with Crippen LogP contribution in [0.1, 0.15) is 231 Å². The normalized spacial score (nSPS) is 13.2. The second kappa shape index (κ2) is 26.2. The maximum Gasteiger partial charge on any atom is 0.530 e. The highest BCUT2D eigenvalue weighted by molar-refractivity contribution is 7.43. The molecule has 0 spiro atoms. The minimum atomic E-state index is -2.08. The summed E-state index contributed by atoms with van der Waals surface area (Å²) in [7, 11) is -3.92. The third-order valence-corrected chi connectivity index (χ3v) is 16.5. The molecule has 6 rings (SSSR count). The van der Waals surface area contributed by atoms with Crippen LogP contribution in [0.25, 0.3) is 11.1 Å². The summed E-state index contributed by atoms with van der Waals surface area (Å²) in [5.41, 5.74) is 10.3. The molecule has 74 heavy (non-hydrogen) atoms. The van der Waals surface area contributed by atoms with Crippen LogP contribution in [-0.2, 0) is 34.5 Å². The first-order valence-electron chi connectivity index (χ1n) is 28.3. The average Bonchev–Trinajstić information content (AvgIpc) is 3.73. The van der Waals surface area contributed by atoms with E-state index in [4.69, 9.17) is 27.1 Å². The molecule has 1 heterocycles. The van der Waals surface area contributed by atoms with Gasteiger partial charge in [0.05, 0.1) is 0 Å². The molecule has 5 aromatic rings. The van der Waals surface area contributed by atoms with Gasteiger partial charge in [0.15, 0.2) is 11.5 Å². The lowest BCUT2D eigenvalue weighted by atomic mass is 9.72. The lowest BCUT2D eigenvalue weighted by Gasteiger charge is -2.35. The fourth-order valence-electron chi connectivity index (χ4n) is 10.2. The largest absolute Gasteiger partial charge is 0.530 e. The van der Waals surface area contributed by atoms with Crippen LogP contribution >= 0.6 is 17.2 Å². The topological polar surface area (TPSA) is 55.4 Å². The van der Waals surface area contributed by atoms with Crippen LogP contribution in [0.5, 0.6) is 34.5 Å². The number of benzene rings is 5. The van der Waals surface area contributed by atoms with Gasteiger partial charge in [-0.2, -0.15) is 0 Å². The molecule has 0 radical (unpaired) electrons. The fourth-order valence-corrected chi connectivity index (χ4v) is 12.3. The molecular weight excluding hydrogens is 951 g/mol. The maximum atomic E-state index is 7.60. The Bertz CT molecular complexity index is 2470. The molecule has 0 aliphatic carbocycles. The van der Waals surface area contributed by atoms with E-state index in [9.17, 15) is 0 Å². The second-order valence-corrected chi connectivity index (χ2v) is 27.1. The van der Waals surface area contributed by atoms with Crippen LogP contribution in [0.3, 0.4) is 0 Å². The van der Waals surface area contributed by atoms with E-state index in [1.54, 1.807) is 0 Å². The number of hydrogen-bond donors (Lipinski definition) is 0. The van der Waals surface area contributed by atoms with Gasteiger partial charge in [-0.05, 0) is 131 Å². The van der Waals surface area contributed by atoms with Crippen molar-refractivity contribution in [3.8, 4) is 45.6 Å². The van der Waals surface area contributed by atoms with Gasteiger partial charge in [-0.25, -0.2) is 0 Å². The zero-order valence-corrected chi connectivity index (χ0v) is 50.5. The van der Waals surface area contributed by atoms with Crippen molar-refractivity contribution in [2.75, 3.05) is 0 Å². The van der Waals surface area contributed by atoms with E-state index in [0.717, 1.165) is 57.7 Å². The van der Waals surface area contributed by atoms with Crippen molar-refractivity contribution in [3.63, 3.8) is 0 Å². The molecular formula is C66H94O6P2. The predicted molar refractivity (Wildman–Crippen MR) is 316 cm³/mol. The number of rotatable bonds is 25. The van der Waals surface area contributed by atoms with E-state index in [1.807, 2.05) is 24.3 Å². The summed E-state index contributed by atoms with van der Waals surface area (Å²) >= 11 is 0. The van der Waals surface area contributed by atoms with Gasteiger partial charge in [0.1, 0.15) is 23.0 Å². The van der Waals surface area contributed by atoms with Crippen molar-refractivity contribution in [3.05, 3.63) is 129 Å². The Kier molecular flexibility index (Phi) is 20.9. The van der Waals surface area contributed by atoms with Crippen LogP contribution in [0, 0.1) is 13.8 Å². The molecule has 6 nitrogen and oxygen atoms in total. The second-order valence-electron chi connectivity index (χ2n) is 25.1. The van der Waals surface area contributed by atoms with E-state index in [1.165, 1.54) is 112 Å². The van der Waals surface area contributed by atoms with Crippen LogP contribution in [-0.4, -0.2) is 0 Å². The SMILES string of the molecule is CCCCCCCCCc1ccc(OP(Oc2ccc(CCCCCCCCC)cc2)Oc2c(C(C)(C)C)cc(C(C)(C)C)c(C)c2-c2c(C)c(C(C)(C)C)cc(C(C)(C)C)c2OP2Oc3ccccc3O2)cc1. The average molecular weight is 1050 g/mol. The summed E-state index contributed by atoms with van der Waals surface area (Å²) in [5.74, 6) is 4.24. The minimum absolute atomic E-state index is 0.205. The molecule has 5 aromatic carbocycles. The van der Waals surface area contributed by atoms with E-state index in [2.05, 4.69) is 171 Å². The van der Waals surface area contributed by atoms with Gasteiger partial charge in [-0.15, -0.1) is 0 Å². The first kappa shape index (κ1) is 59.0. The zero-order valence-electron chi connectivity index (χ0n) is 48.7. The van der Waals surface area contributed by atoms with Gasteiger partial charge in [-0.1, -0.05) is 223 Å². The highest BCUT2D eigenvalue weighted by Gasteiger charge is 2.39. The number of hydrogen-bond acceptors (Lipinski definition) is 6. The number of aryl methyl sites for hydroxylation is 2. The first-order chi connectivity index (χ1) is 35.0. The molecule has 0 bridgehead atoms. The molecule has 8 heteroatoms. The zero-order chi connectivity index (χ0) is 53.8. The van der Waals surface area contributed by atoms with Crippen molar-refractivity contribution in [1.29, 1.82) is 0 Å². The van der Waals surface area contributed by atoms with E-state index < -0.39 is 17.2 Å². The third kappa shape index (κ3) is 16.1. The monoisotopic (exact) mass is 1040 g/mol. The Balaban J connectivity index is 1.50. The molecule has 0 N–H and O–H groups in total. The lowest BCUT2D eigenvalue weighted by Crippen LogP contribution is -2.22. The van der Waals surface area contributed by atoms with Crippen molar-refractivity contribution in [2.45, 2.75) is 235 Å². The standard InChI is InChI=1S/C66H94O6P2/c1-17-19-21-23-25-27-29-33-49-37-41-51(42-38-49)67-73(68-52-43-39-50(40-44-52)34-30-28-26-24-22-20-18-2)71-61-55(65(11,12)13)45-53(63(5,6)7)47(3)59(61)60-48(4)54(64(8,9)10)46-56(66(14,15)16)62(60)72-74-69-57-35-31-32-36-58(57)70-74/h31-32,35-46H,17-30,33-34H2,1-16H3. The minimum Gasteiger partial charge on any atom is -0.409 e. The summed E-state index contributed by atoms with van der Waals surface area (Å²) in [5, 5.41) is 0. The van der Waals surface area contributed by atoms with E-state index in [-0.39, 0.29) is 21.7 Å². The highest BCUT2D eigenvalue weighted by Crippen LogP contribution is 2.60. The molecule has 0 unspecified atom stereocenters. The van der Waals surface area contributed by atoms with E-state index in [0.29, 0.717) is 23.0 Å². The number of para-hydroxylation sites is 2. The molecule has 404 valence electrons. The van der Waals surface area contributed by atoms with Crippen LogP contribution in [0.2, 0.25) is 0 Å². The Morgan fingerprint density at radius 1 is 0.419 bits per heavy atom.